The number of imide groups is 1. The molecule has 0 bridgehead atoms. The van der Waals surface area contributed by atoms with Gasteiger partial charge in [-0.05, 0) is 79.9 Å². The Labute approximate surface area is 199 Å². The monoisotopic (exact) mass is 447 g/mol. The van der Waals surface area contributed by atoms with Crippen molar-refractivity contribution >= 4 is 23.5 Å². The highest BCUT2D eigenvalue weighted by Crippen LogP contribution is 2.33. The molecule has 0 saturated heterocycles. The minimum atomic E-state index is -0.310. The summed E-state index contributed by atoms with van der Waals surface area (Å²) in [5.41, 5.74) is 7.70. The first-order valence-corrected chi connectivity index (χ1v) is 11.3. The lowest BCUT2D eigenvalue weighted by molar-refractivity contribution is -0.123. The van der Waals surface area contributed by atoms with E-state index in [0.29, 0.717) is 22.4 Å². The smallest absolute Gasteiger partial charge is 0.261 e. The van der Waals surface area contributed by atoms with Gasteiger partial charge in [-0.25, -0.2) is 0 Å². The summed E-state index contributed by atoms with van der Waals surface area (Å²) in [6.07, 6.45) is 3.58. The first kappa shape index (κ1) is 21.6. The van der Waals surface area contributed by atoms with Gasteiger partial charge in [-0.2, -0.15) is 0 Å². The number of amides is 2. The number of pyridine rings is 1. The van der Waals surface area contributed by atoms with Crippen LogP contribution < -0.4 is 0 Å². The van der Waals surface area contributed by atoms with E-state index in [-0.39, 0.29) is 18.4 Å². The van der Waals surface area contributed by atoms with Gasteiger partial charge in [0.25, 0.3) is 11.8 Å². The maximum atomic E-state index is 13.6. The predicted molar refractivity (Wildman–Crippen MR) is 133 cm³/mol. The number of hydrogen-bond acceptors (Lipinski definition) is 3. The Morgan fingerprint density at radius 2 is 1.59 bits per heavy atom. The van der Waals surface area contributed by atoms with E-state index in [1.54, 1.807) is 12.3 Å². The van der Waals surface area contributed by atoms with Crippen molar-refractivity contribution in [2.24, 2.45) is 0 Å². The van der Waals surface area contributed by atoms with Gasteiger partial charge in [0.1, 0.15) is 0 Å². The summed E-state index contributed by atoms with van der Waals surface area (Å²) in [7, 11) is 0. The highest BCUT2D eigenvalue weighted by Gasteiger charge is 2.35. The summed E-state index contributed by atoms with van der Waals surface area (Å²) in [5.74, 6) is -0.608. The molecule has 0 N–H and O–H groups in total. The first-order valence-electron chi connectivity index (χ1n) is 11.3. The van der Waals surface area contributed by atoms with E-state index >= 15 is 0 Å². The molecule has 4 aromatic rings. The number of benzene rings is 2. The van der Waals surface area contributed by atoms with Crippen LogP contribution in [0.4, 0.5) is 0 Å². The number of aromatic nitrogens is 2. The molecular weight excluding hydrogens is 422 g/mol. The predicted octanol–water partition coefficient (Wildman–Crippen LogP) is 5.52. The molecule has 5 heteroatoms. The molecule has 5 nitrogen and oxygen atoms in total. The third kappa shape index (κ3) is 3.75. The molecule has 1 aliphatic rings. The highest BCUT2D eigenvalue weighted by molar-refractivity contribution is 6.33. The average Bonchev–Trinajstić information content (AvgIpc) is 3.12. The third-order valence-corrected chi connectivity index (χ3v) is 6.24. The summed E-state index contributed by atoms with van der Waals surface area (Å²) < 4.78 is 2.19. The maximum absolute atomic E-state index is 13.6. The van der Waals surface area contributed by atoms with Crippen molar-refractivity contribution < 1.29 is 9.59 Å². The van der Waals surface area contributed by atoms with Crippen molar-refractivity contribution in [3.8, 4) is 5.69 Å². The van der Waals surface area contributed by atoms with Crippen LogP contribution in [0.3, 0.4) is 0 Å². The van der Waals surface area contributed by atoms with Crippen molar-refractivity contribution in [1.82, 2.24) is 14.5 Å². The van der Waals surface area contributed by atoms with Crippen LogP contribution >= 0.6 is 0 Å². The fraction of sp³-hybridized carbons (Fsp3) is 0.138. The van der Waals surface area contributed by atoms with Gasteiger partial charge in [0, 0.05) is 34.4 Å². The van der Waals surface area contributed by atoms with Gasteiger partial charge >= 0.3 is 0 Å². The van der Waals surface area contributed by atoms with Crippen molar-refractivity contribution in [3.05, 3.63) is 118 Å². The number of fused-ring (bicyclic) bond motifs is 1. The van der Waals surface area contributed by atoms with E-state index in [0.717, 1.165) is 22.6 Å². The van der Waals surface area contributed by atoms with Gasteiger partial charge in [-0.15, -0.1) is 0 Å². The second-order valence-electron chi connectivity index (χ2n) is 8.62. The number of aryl methyl sites for hydroxylation is 2. The molecule has 2 aromatic carbocycles. The summed E-state index contributed by atoms with van der Waals surface area (Å²) in [5, 5.41) is 0. The zero-order chi connectivity index (χ0) is 23.8. The second-order valence-corrected chi connectivity index (χ2v) is 8.62. The molecule has 0 aliphatic carbocycles. The molecule has 0 saturated carbocycles. The minimum Gasteiger partial charge on any atom is -0.318 e. The Morgan fingerprint density at radius 1 is 0.824 bits per heavy atom. The van der Waals surface area contributed by atoms with Crippen LogP contribution in [0.2, 0.25) is 0 Å². The second kappa shape index (κ2) is 8.60. The minimum absolute atomic E-state index is 0.131. The molecule has 0 unspecified atom stereocenters. The Hall–Kier alpha value is -4.25. The van der Waals surface area contributed by atoms with Crippen LogP contribution in [0, 0.1) is 20.8 Å². The molecule has 1 aliphatic heterocycles. The molecule has 0 spiro atoms. The molecule has 0 atom stereocenters. The van der Waals surface area contributed by atoms with Crippen molar-refractivity contribution in [2.75, 3.05) is 0 Å². The summed E-state index contributed by atoms with van der Waals surface area (Å²) in [6.45, 7) is 6.32. The fourth-order valence-electron chi connectivity index (χ4n) is 4.59. The Bertz CT molecular complexity index is 1450. The molecule has 0 radical (unpaired) electrons. The number of rotatable bonds is 4. The van der Waals surface area contributed by atoms with Crippen LogP contribution in [0.25, 0.3) is 17.3 Å². The number of carbonyl (C=O) groups excluding carboxylic acids is 2. The van der Waals surface area contributed by atoms with Crippen LogP contribution in [0.5, 0.6) is 0 Å². The molecule has 3 heterocycles. The van der Waals surface area contributed by atoms with Crippen LogP contribution in [0.1, 0.15) is 44.1 Å². The zero-order valence-corrected chi connectivity index (χ0v) is 19.4. The number of hydrogen-bond donors (Lipinski definition) is 0. The lowest BCUT2D eigenvalue weighted by Gasteiger charge is -2.28. The van der Waals surface area contributed by atoms with Gasteiger partial charge in [0.15, 0.2) is 0 Å². The molecule has 5 rings (SSSR count). The van der Waals surface area contributed by atoms with Gasteiger partial charge in [-0.1, -0.05) is 36.4 Å². The summed E-state index contributed by atoms with van der Waals surface area (Å²) >= 11 is 0. The van der Waals surface area contributed by atoms with Crippen LogP contribution in [-0.2, 0) is 11.3 Å². The normalized spacial score (nSPS) is 14.6. The highest BCUT2D eigenvalue weighted by atomic mass is 16.2. The maximum Gasteiger partial charge on any atom is 0.261 e. The van der Waals surface area contributed by atoms with Gasteiger partial charge in [0.05, 0.1) is 12.2 Å². The SMILES string of the molecule is Cc1cccc(-n2c(C)cc(/C=C3\C(=O)N(Cc4ccccn4)C(=O)c4ccccc43)c2C)c1. The van der Waals surface area contributed by atoms with Gasteiger partial charge in [0.2, 0.25) is 0 Å². The quantitative estimate of drug-likeness (QED) is 0.306. The molecule has 168 valence electrons. The third-order valence-electron chi connectivity index (χ3n) is 6.24. The van der Waals surface area contributed by atoms with Crippen LogP contribution in [0.15, 0.2) is 79.0 Å². The Balaban J connectivity index is 1.62. The standard InChI is InChI=1S/C29H25N3O2/c1-19-9-8-11-24(15-19)32-20(2)16-22(21(32)3)17-27-25-12-4-5-13-26(25)28(33)31(29(27)34)18-23-10-6-7-14-30-23/h4-17H,18H2,1-3H3/b27-17-. The fourth-order valence-corrected chi connectivity index (χ4v) is 4.59. The van der Waals surface area contributed by atoms with E-state index in [4.69, 9.17) is 0 Å². The van der Waals surface area contributed by atoms with Crippen molar-refractivity contribution in [2.45, 2.75) is 27.3 Å². The van der Waals surface area contributed by atoms with E-state index in [1.807, 2.05) is 48.5 Å². The van der Waals surface area contributed by atoms with Crippen molar-refractivity contribution in [3.63, 3.8) is 0 Å². The topological polar surface area (TPSA) is 55.2 Å². The lowest BCUT2D eigenvalue weighted by atomic mass is 9.92. The first-order chi connectivity index (χ1) is 16.4. The number of carbonyl (C=O) groups is 2. The molecular formula is C29H25N3O2. The zero-order valence-electron chi connectivity index (χ0n) is 19.4. The molecule has 0 fully saturated rings. The van der Waals surface area contributed by atoms with E-state index < -0.39 is 0 Å². The van der Waals surface area contributed by atoms with E-state index in [9.17, 15) is 9.59 Å². The van der Waals surface area contributed by atoms with Crippen molar-refractivity contribution in [1.29, 1.82) is 0 Å². The lowest BCUT2D eigenvalue weighted by Crippen LogP contribution is -2.41. The molecule has 2 amide bonds. The average molecular weight is 448 g/mol. The van der Waals surface area contributed by atoms with Crippen LogP contribution in [-0.4, -0.2) is 26.3 Å². The Morgan fingerprint density at radius 3 is 2.32 bits per heavy atom. The number of nitrogens with zero attached hydrogens (tertiary/aromatic N) is 3. The van der Waals surface area contributed by atoms with E-state index in [2.05, 4.69) is 54.6 Å². The van der Waals surface area contributed by atoms with Gasteiger partial charge in [-0.3, -0.25) is 19.5 Å². The van der Waals surface area contributed by atoms with E-state index in [1.165, 1.54) is 10.5 Å². The largest absolute Gasteiger partial charge is 0.318 e. The Kier molecular flexibility index (Phi) is 5.46. The summed E-state index contributed by atoms with van der Waals surface area (Å²) in [4.78, 5) is 32.4. The molecule has 2 aromatic heterocycles. The summed E-state index contributed by atoms with van der Waals surface area (Å²) in [6, 6.07) is 23.2. The molecule has 34 heavy (non-hydrogen) atoms. The van der Waals surface area contributed by atoms with Gasteiger partial charge < -0.3 is 4.57 Å².